The van der Waals surface area contributed by atoms with E-state index in [4.69, 9.17) is 0 Å². The summed E-state index contributed by atoms with van der Waals surface area (Å²) in [4.78, 5) is 22.1. The Kier molecular flexibility index (Phi) is 4.32. The number of aryl methyl sites for hydroxylation is 1. The number of hydrogen-bond donors (Lipinski definition) is 1. The number of carbonyl (C=O) groups is 1. The van der Waals surface area contributed by atoms with Gasteiger partial charge in [0.15, 0.2) is 0 Å². The largest absolute Gasteiger partial charge is 0.478 e. The summed E-state index contributed by atoms with van der Waals surface area (Å²) in [6.07, 6.45) is 2.65. The van der Waals surface area contributed by atoms with Crippen molar-refractivity contribution >= 4 is 17.5 Å². The molecule has 2 heterocycles. The smallest absolute Gasteiger partial charge is 0.336 e. The summed E-state index contributed by atoms with van der Waals surface area (Å²) in [5.41, 5.74) is 4.53. The van der Waals surface area contributed by atoms with Crippen LogP contribution in [-0.2, 0) is 12.8 Å². The van der Waals surface area contributed by atoms with Crippen molar-refractivity contribution in [2.24, 2.45) is 0 Å². The first-order chi connectivity index (χ1) is 13.0. The lowest BCUT2D eigenvalue weighted by atomic mass is 10.1. The highest BCUT2D eigenvalue weighted by Crippen LogP contribution is 2.35. The fourth-order valence-electron chi connectivity index (χ4n) is 3.63. The molecule has 4 rings (SSSR count). The van der Waals surface area contributed by atoms with Crippen molar-refractivity contribution in [2.75, 3.05) is 11.4 Å². The maximum atomic E-state index is 13.6. The highest BCUT2D eigenvalue weighted by Gasteiger charge is 2.26. The highest BCUT2D eigenvalue weighted by atomic mass is 19.1. The molecule has 1 aromatic heterocycles. The molecule has 0 bridgehead atoms. The van der Waals surface area contributed by atoms with Crippen LogP contribution < -0.4 is 4.90 Å². The van der Waals surface area contributed by atoms with Gasteiger partial charge in [-0.2, -0.15) is 0 Å². The Labute approximate surface area is 156 Å². The molecule has 0 saturated heterocycles. The number of carboxylic acids is 1. The molecule has 136 valence electrons. The van der Waals surface area contributed by atoms with E-state index >= 15 is 0 Å². The van der Waals surface area contributed by atoms with E-state index in [0.29, 0.717) is 24.9 Å². The van der Waals surface area contributed by atoms with Gasteiger partial charge in [0.1, 0.15) is 18.0 Å². The van der Waals surface area contributed by atoms with E-state index in [0.717, 1.165) is 33.9 Å². The van der Waals surface area contributed by atoms with Gasteiger partial charge < -0.3 is 10.0 Å². The minimum atomic E-state index is -0.918. The van der Waals surface area contributed by atoms with E-state index in [9.17, 15) is 14.3 Å². The second-order valence-electron chi connectivity index (χ2n) is 6.69. The summed E-state index contributed by atoms with van der Waals surface area (Å²) in [5, 5.41) is 9.38. The van der Waals surface area contributed by atoms with Crippen molar-refractivity contribution in [3.63, 3.8) is 0 Å². The first-order valence-electron chi connectivity index (χ1n) is 8.71. The first kappa shape index (κ1) is 17.1. The quantitative estimate of drug-likeness (QED) is 0.761. The molecule has 0 atom stereocenters. The van der Waals surface area contributed by atoms with E-state index in [1.54, 1.807) is 12.1 Å². The monoisotopic (exact) mass is 363 g/mol. The summed E-state index contributed by atoms with van der Waals surface area (Å²) in [5.74, 6) is -0.457. The number of aromatic carboxylic acids is 1. The van der Waals surface area contributed by atoms with Crippen LogP contribution in [0, 0.1) is 12.7 Å². The van der Waals surface area contributed by atoms with Crippen LogP contribution in [0.4, 0.5) is 15.9 Å². The lowest BCUT2D eigenvalue weighted by Crippen LogP contribution is -2.15. The fraction of sp³-hybridized carbons (Fsp3) is 0.190. The van der Waals surface area contributed by atoms with E-state index in [-0.39, 0.29) is 5.82 Å². The number of hydrogen-bond acceptors (Lipinski definition) is 4. The van der Waals surface area contributed by atoms with Gasteiger partial charge in [0.25, 0.3) is 0 Å². The number of nitrogens with zero attached hydrogens (tertiary/aromatic N) is 3. The third-order valence-electron chi connectivity index (χ3n) is 4.73. The van der Waals surface area contributed by atoms with Gasteiger partial charge in [0.05, 0.1) is 11.3 Å². The third kappa shape index (κ3) is 3.38. The van der Waals surface area contributed by atoms with E-state index in [2.05, 4.69) is 9.97 Å². The molecular weight excluding hydrogens is 345 g/mol. The van der Waals surface area contributed by atoms with Gasteiger partial charge in [0, 0.05) is 24.7 Å². The molecule has 1 N–H and O–H groups in total. The Balaban J connectivity index is 1.65. The minimum absolute atomic E-state index is 0.256. The third-order valence-corrected chi connectivity index (χ3v) is 4.73. The van der Waals surface area contributed by atoms with Crippen molar-refractivity contribution in [2.45, 2.75) is 19.8 Å². The molecule has 0 radical (unpaired) electrons. The molecule has 3 aromatic rings. The molecule has 0 fully saturated rings. The number of carboxylic acid groups (broad SMARTS) is 1. The van der Waals surface area contributed by atoms with Crippen LogP contribution in [0.25, 0.3) is 0 Å². The maximum absolute atomic E-state index is 13.6. The van der Waals surface area contributed by atoms with Gasteiger partial charge in [-0.3, -0.25) is 0 Å². The Morgan fingerprint density at radius 3 is 2.85 bits per heavy atom. The zero-order chi connectivity index (χ0) is 19.0. The number of rotatable bonds is 4. The van der Waals surface area contributed by atoms with Gasteiger partial charge in [-0.1, -0.05) is 12.1 Å². The zero-order valence-electron chi connectivity index (χ0n) is 14.8. The summed E-state index contributed by atoms with van der Waals surface area (Å²) < 4.78 is 13.6. The molecule has 2 aromatic carbocycles. The summed E-state index contributed by atoms with van der Waals surface area (Å²) in [6.45, 7) is 2.52. The van der Waals surface area contributed by atoms with Crippen LogP contribution in [0.5, 0.6) is 0 Å². The van der Waals surface area contributed by atoms with Crippen LogP contribution in [-0.4, -0.2) is 27.6 Å². The molecule has 0 spiro atoms. The van der Waals surface area contributed by atoms with Gasteiger partial charge in [0.2, 0.25) is 0 Å². The maximum Gasteiger partial charge on any atom is 0.336 e. The highest BCUT2D eigenvalue weighted by molar-refractivity contribution is 5.92. The average Bonchev–Trinajstić information content (AvgIpc) is 3.05. The van der Waals surface area contributed by atoms with E-state index < -0.39 is 5.97 Å². The Bertz CT molecular complexity index is 1020. The number of fused-ring (bicyclic) bond motifs is 1. The van der Waals surface area contributed by atoms with E-state index in [1.165, 1.54) is 18.5 Å². The molecule has 6 heteroatoms. The Morgan fingerprint density at radius 2 is 2.07 bits per heavy atom. The lowest BCUT2D eigenvalue weighted by molar-refractivity contribution is 0.0696. The predicted molar refractivity (Wildman–Crippen MR) is 100 cm³/mol. The second kappa shape index (κ2) is 6.79. The van der Waals surface area contributed by atoms with Crippen LogP contribution in [0.15, 0.2) is 48.8 Å². The number of halogens is 1. The van der Waals surface area contributed by atoms with Crippen LogP contribution in [0.3, 0.4) is 0 Å². The zero-order valence-corrected chi connectivity index (χ0v) is 14.8. The molecule has 5 nitrogen and oxygen atoms in total. The van der Waals surface area contributed by atoms with Crippen molar-refractivity contribution in [3.05, 3.63) is 82.6 Å². The summed E-state index contributed by atoms with van der Waals surface area (Å²) in [7, 11) is 0. The van der Waals surface area contributed by atoms with Gasteiger partial charge in [-0.15, -0.1) is 0 Å². The number of anilines is 2. The predicted octanol–water partition coefficient (Wildman–Crippen LogP) is 3.91. The van der Waals surface area contributed by atoms with Crippen molar-refractivity contribution in [1.29, 1.82) is 0 Å². The van der Waals surface area contributed by atoms with Crippen molar-refractivity contribution in [1.82, 2.24) is 9.97 Å². The minimum Gasteiger partial charge on any atom is -0.478 e. The number of benzene rings is 2. The molecule has 0 unspecified atom stereocenters. The van der Waals surface area contributed by atoms with Gasteiger partial charge in [-0.25, -0.2) is 19.2 Å². The lowest BCUT2D eigenvalue weighted by Gasteiger charge is -2.19. The Morgan fingerprint density at radius 1 is 1.22 bits per heavy atom. The van der Waals surface area contributed by atoms with Crippen LogP contribution >= 0.6 is 0 Å². The molecule has 0 aliphatic carbocycles. The van der Waals surface area contributed by atoms with Gasteiger partial charge in [-0.05, 0) is 54.3 Å². The topological polar surface area (TPSA) is 66.3 Å². The molecule has 0 amide bonds. The summed E-state index contributed by atoms with van der Waals surface area (Å²) in [6, 6.07) is 12.1. The summed E-state index contributed by atoms with van der Waals surface area (Å²) >= 11 is 0. The molecule has 27 heavy (non-hydrogen) atoms. The SMILES string of the molecule is Cc1cc(F)cc(Cc2cc(N3CCc4c(C(=O)O)cccc43)ncn2)c1. The Hall–Kier alpha value is -3.28. The molecule has 0 saturated carbocycles. The van der Waals surface area contributed by atoms with E-state index in [1.807, 2.05) is 30.0 Å². The fourth-order valence-corrected chi connectivity index (χ4v) is 3.63. The number of aromatic nitrogens is 2. The van der Waals surface area contributed by atoms with Crippen molar-refractivity contribution < 1.29 is 14.3 Å². The van der Waals surface area contributed by atoms with Crippen molar-refractivity contribution in [3.8, 4) is 0 Å². The van der Waals surface area contributed by atoms with Crippen LogP contribution in [0.2, 0.25) is 0 Å². The average molecular weight is 363 g/mol. The standard InChI is InChI=1S/C21H18FN3O2/c1-13-7-14(9-15(22)8-13)10-16-11-20(24-12-23-16)25-6-5-17-18(21(26)27)3-2-4-19(17)25/h2-4,7-9,11-12H,5-6,10H2,1H3,(H,26,27). The normalized spacial score (nSPS) is 12.9. The molecule has 1 aliphatic heterocycles. The molecule has 1 aliphatic rings. The molecular formula is C21H18FN3O2. The van der Waals surface area contributed by atoms with Gasteiger partial charge >= 0.3 is 5.97 Å². The van der Waals surface area contributed by atoms with Crippen LogP contribution in [0.1, 0.15) is 32.7 Å². The second-order valence-corrected chi connectivity index (χ2v) is 6.69. The first-order valence-corrected chi connectivity index (χ1v) is 8.71.